The number of aromatic nitrogens is 2. The zero-order valence-corrected chi connectivity index (χ0v) is 11.8. The topological polar surface area (TPSA) is 38.0 Å². The first-order valence-electron chi connectivity index (χ1n) is 6.01. The van der Waals surface area contributed by atoms with E-state index in [2.05, 4.69) is 52.3 Å². The summed E-state index contributed by atoms with van der Waals surface area (Å²) >= 11 is 2.29. The van der Waals surface area contributed by atoms with Gasteiger partial charge in [-0.1, -0.05) is 0 Å². The van der Waals surface area contributed by atoms with Crippen LogP contribution < -0.4 is 0 Å². The van der Waals surface area contributed by atoms with Crippen LogP contribution in [-0.4, -0.2) is 21.0 Å². The summed E-state index contributed by atoms with van der Waals surface area (Å²) in [6, 6.07) is 2.65. The van der Waals surface area contributed by atoms with Crippen molar-refractivity contribution in [3.8, 4) is 0 Å². The molecule has 1 aromatic rings. The van der Waals surface area contributed by atoms with Gasteiger partial charge in [0.05, 0.1) is 6.10 Å². The van der Waals surface area contributed by atoms with Crippen LogP contribution >= 0.6 is 22.6 Å². The molecule has 0 aliphatic heterocycles. The Morgan fingerprint density at radius 2 is 2.06 bits per heavy atom. The van der Waals surface area contributed by atoms with Crippen molar-refractivity contribution in [1.29, 1.82) is 0 Å². The van der Waals surface area contributed by atoms with Crippen LogP contribution in [-0.2, 0) is 0 Å². The lowest BCUT2D eigenvalue weighted by Gasteiger charge is -2.13. The molecule has 0 spiro atoms. The van der Waals surface area contributed by atoms with E-state index in [1.807, 2.05) is 0 Å². The Hall–Kier alpha value is -0.100. The lowest BCUT2D eigenvalue weighted by molar-refractivity contribution is 0.165. The predicted molar refractivity (Wildman–Crippen MR) is 70.3 cm³/mol. The van der Waals surface area contributed by atoms with Crippen LogP contribution in [0.2, 0.25) is 0 Å². The fourth-order valence-corrected chi connectivity index (χ4v) is 3.84. The number of rotatable bonds is 2. The van der Waals surface area contributed by atoms with E-state index in [0.29, 0.717) is 12.0 Å². The lowest BCUT2D eigenvalue weighted by atomic mass is 10.1. The van der Waals surface area contributed by atoms with E-state index in [4.69, 9.17) is 0 Å². The molecule has 1 heterocycles. The second-order valence-electron chi connectivity index (χ2n) is 5.41. The molecule has 0 aromatic carbocycles. The molecular formula is C12H17IN2O. The number of aliphatic hydroxyl groups is 1. The minimum Gasteiger partial charge on any atom is -0.393 e. The smallest absolute Gasteiger partial charge is 0.123 e. The second kappa shape index (κ2) is 3.70. The Labute approximate surface area is 109 Å². The molecular weight excluding hydrogens is 315 g/mol. The van der Waals surface area contributed by atoms with Gasteiger partial charge in [-0.15, -0.1) is 0 Å². The fourth-order valence-electron chi connectivity index (χ4n) is 3.29. The molecule has 3 rings (SSSR count). The van der Waals surface area contributed by atoms with E-state index in [1.165, 1.54) is 5.69 Å². The number of nitrogens with zero attached hydrogens (tertiary/aromatic N) is 2. The van der Waals surface area contributed by atoms with Crippen LogP contribution in [0.15, 0.2) is 6.07 Å². The maximum absolute atomic E-state index is 9.55. The third-order valence-electron chi connectivity index (χ3n) is 3.99. The average molecular weight is 332 g/mol. The molecule has 2 aliphatic rings. The zero-order valence-electron chi connectivity index (χ0n) is 9.60. The van der Waals surface area contributed by atoms with Crippen molar-refractivity contribution in [2.75, 3.05) is 0 Å². The molecule has 4 atom stereocenters. The number of fused-ring (bicyclic) bond motifs is 1. The highest BCUT2D eigenvalue weighted by Gasteiger charge is 2.57. The third-order valence-corrected chi connectivity index (χ3v) is 4.51. The van der Waals surface area contributed by atoms with Gasteiger partial charge in [-0.05, 0) is 67.2 Å². The molecule has 0 radical (unpaired) electrons. The molecule has 88 valence electrons. The summed E-state index contributed by atoms with van der Waals surface area (Å²) in [5.41, 5.74) is 1.39. The highest BCUT2D eigenvalue weighted by Crippen LogP contribution is 2.63. The van der Waals surface area contributed by atoms with Crippen LogP contribution in [0.4, 0.5) is 0 Å². The fraction of sp³-hybridized carbons (Fsp3) is 0.750. The standard InChI is InChI=1S/C12H17IN2O/c1-6(2)15-10(5-11(13)14-15)12-8-3-7(16)4-9(8)12/h5-9,12,16H,3-4H2,1-2H3/t7-,8-,9+,12+. The molecule has 1 aromatic heterocycles. The summed E-state index contributed by atoms with van der Waals surface area (Å²) in [5.74, 6) is 2.11. The Balaban J connectivity index is 1.86. The first-order chi connectivity index (χ1) is 7.58. The third kappa shape index (κ3) is 1.61. The van der Waals surface area contributed by atoms with Crippen LogP contribution in [0, 0.1) is 15.5 Å². The summed E-state index contributed by atoms with van der Waals surface area (Å²) in [6.07, 6.45) is 1.95. The number of hydrogen-bond donors (Lipinski definition) is 1. The van der Waals surface area contributed by atoms with E-state index in [-0.39, 0.29) is 6.10 Å². The Morgan fingerprint density at radius 3 is 2.62 bits per heavy atom. The van der Waals surface area contributed by atoms with Crippen LogP contribution in [0.5, 0.6) is 0 Å². The van der Waals surface area contributed by atoms with Crippen LogP contribution in [0.25, 0.3) is 0 Å². The van der Waals surface area contributed by atoms with Gasteiger partial charge < -0.3 is 5.11 Å². The van der Waals surface area contributed by atoms with E-state index in [1.54, 1.807) is 0 Å². The number of halogens is 1. The highest BCUT2D eigenvalue weighted by atomic mass is 127. The molecule has 3 nitrogen and oxygen atoms in total. The van der Waals surface area contributed by atoms with Gasteiger partial charge >= 0.3 is 0 Å². The quantitative estimate of drug-likeness (QED) is 0.846. The Bertz CT molecular complexity index is 403. The lowest BCUT2D eigenvalue weighted by Crippen LogP contribution is -2.10. The first-order valence-corrected chi connectivity index (χ1v) is 7.09. The number of aliphatic hydroxyl groups excluding tert-OH is 1. The molecule has 0 unspecified atom stereocenters. The first kappa shape index (κ1) is 11.0. The molecule has 0 bridgehead atoms. The van der Waals surface area contributed by atoms with Gasteiger partial charge in [0.1, 0.15) is 3.70 Å². The maximum atomic E-state index is 9.55. The normalized spacial score (nSPS) is 36.8. The molecule has 2 saturated carbocycles. The van der Waals surface area contributed by atoms with Gasteiger partial charge in [0.25, 0.3) is 0 Å². The predicted octanol–water partition coefficient (Wildman–Crippen LogP) is 2.55. The average Bonchev–Trinajstić information content (AvgIpc) is 2.60. The summed E-state index contributed by atoms with van der Waals surface area (Å²) in [6.45, 7) is 4.36. The van der Waals surface area contributed by atoms with Crippen molar-refractivity contribution in [3.05, 3.63) is 15.5 Å². The SMILES string of the molecule is CC(C)n1nc(I)cc1[C@H]1[C@@H]2C[C@@H](O)C[C@@H]21. The summed E-state index contributed by atoms with van der Waals surface area (Å²) in [4.78, 5) is 0. The summed E-state index contributed by atoms with van der Waals surface area (Å²) in [7, 11) is 0. The van der Waals surface area contributed by atoms with Gasteiger partial charge in [0, 0.05) is 17.7 Å². The van der Waals surface area contributed by atoms with Gasteiger partial charge in [-0.25, -0.2) is 0 Å². The van der Waals surface area contributed by atoms with E-state index >= 15 is 0 Å². The van der Waals surface area contributed by atoms with Crippen molar-refractivity contribution in [2.24, 2.45) is 11.8 Å². The highest BCUT2D eigenvalue weighted by molar-refractivity contribution is 14.1. The van der Waals surface area contributed by atoms with Gasteiger partial charge in [-0.3, -0.25) is 4.68 Å². The zero-order chi connectivity index (χ0) is 11.4. The van der Waals surface area contributed by atoms with Crippen molar-refractivity contribution in [2.45, 2.75) is 44.8 Å². The summed E-state index contributed by atoms with van der Waals surface area (Å²) < 4.78 is 3.25. The van der Waals surface area contributed by atoms with Crippen molar-refractivity contribution in [1.82, 2.24) is 9.78 Å². The molecule has 0 saturated heterocycles. The molecule has 16 heavy (non-hydrogen) atoms. The Morgan fingerprint density at radius 1 is 1.44 bits per heavy atom. The van der Waals surface area contributed by atoms with E-state index in [0.717, 1.165) is 28.4 Å². The van der Waals surface area contributed by atoms with Crippen LogP contribution in [0.1, 0.15) is 44.3 Å². The van der Waals surface area contributed by atoms with E-state index < -0.39 is 0 Å². The molecule has 0 amide bonds. The molecule has 2 fully saturated rings. The van der Waals surface area contributed by atoms with Crippen molar-refractivity contribution in [3.63, 3.8) is 0 Å². The van der Waals surface area contributed by atoms with Crippen molar-refractivity contribution >= 4 is 22.6 Å². The maximum Gasteiger partial charge on any atom is 0.123 e. The molecule has 4 heteroatoms. The Kier molecular flexibility index (Phi) is 2.55. The largest absolute Gasteiger partial charge is 0.393 e. The van der Waals surface area contributed by atoms with Gasteiger partial charge in [0.15, 0.2) is 0 Å². The monoisotopic (exact) mass is 332 g/mol. The minimum absolute atomic E-state index is 0.0410. The molecule has 2 aliphatic carbocycles. The van der Waals surface area contributed by atoms with Gasteiger partial charge in [0.2, 0.25) is 0 Å². The minimum atomic E-state index is -0.0410. The number of hydrogen-bond acceptors (Lipinski definition) is 2. The van der Waals surface area contributed by atoms with Gasteiger partial charge in [-0.2, -0.15) is 5.10 Å². The van der Waals surface area contributed by atoms with Crippen LogP contribution in [0.3, 0.4) is 0 Å². The second-order valence-corrected chi connectivity index (χ2v) is 6.51. The van der Waals surface area contributed by atoms with E-state index in [9.17, 15) is 5.11 Å². The molecule has 1 N–H and O–H groups in total. The van der Waals surface area contributed by atoms with Crippen molar-refractivity contribution < 1.29 is 5.11 Å². The summed E-state index contributed by atoms with van der Waals surface area (Å²) in [5, 5.41) is 14.1.